The van der Waals surface area contributed by atoms with Crippen molar-refractivity contribution < 1.29 is 0 Å². The molecule has 0 atom stereocenters. The Labute approximate surface area is 149 Å². The number of rotatable bonds is 5. The third kappa shape index (κ3) is 2.42. The number of fused-ring (bicyclic) bond motifs is 1. The summed E-state index contributed by atoms with van der Waals surface area (Å²) in [6, 6.07) is 11.7. The van der Waals surface area contributed by atoms with Crippen LogP contribution in [-0.2, 0) is 12.5 Å². The molecule has 0 amide bonds. The lowest BCUT2D eigenvalue weighted by Crippen LogP contribution is -2.23. The number of aromatic nitrogens is 7. The minimum Gasteiger partial charge on any atom is -0.368 e. The molecule has 4 aromatic heterocycles. The Bertz CT molecular complexity index is 1060. The van der Waals surface area contributed by atoms with Crippen molar-refractivity contribution in [2.75, 3.05) is 11.9 Å². The summed E-state index contributed by atoms with van der Waals surface area (Å²) in [5.74, 6) is 1.43. The van der Waals surface area contributed by atoms with Crippen molar-refractivity contribution in [1.82, 2.24) is 34.6 Å². The normalized spacial score (nSPS) is 15.3. The molecule has 0 radical (unpaired) electrons. The molecule has 5 rings (SSSR count). The maximum atomic E-state index is 4.66. The van der Waals surface area contributed by atoms with Gasteiger partial charge in [-0.15, -0.1) is 15.3 Å². The second-order valence-corrected chi connectivity index (χ2v) is 6.70. The van der Waals surface area contributed by atoms with Crippen LogP contribution in [0.2, 0.25) is 0 Å². The average Bonchev–Trinajstić information content (AvgIpc) is 3.13. The van der Waals surface area contributed by atoms with Crippen molar-refractivity contribution in [3.8, 4) is 11.5 Å². The Balaban J connectivity index is 1.43. The van der Waals surface area contributed by atoms with Crippen LogP contribution in [0, 0.1) is 0 Å². The van der Waals surface area contributed by atoms with Crippen molar-refractivity contribution in [2.24, 2.45) is 7.05 Å². The molecule has 4 aromatic rings. The van der Waals surface area contributed by atoms with Crippen LogP contribution in [0.15, 0.2) is 48.8 Å². The van der Waals surface area contributed by atoms with E-state index in [1.807, 2.05) is 48.3 Å². The Morgan fingerprint density at radius 3 is 2.73 bits per heavy atom. The highest BCUT2D eigenvalue weighted by Crippen LogP contribution is 2.47. The summed E-state index contributed by atoms with van der Waals surface area (Å²) in [6.45, 7) is 0.825. The molecule has 0 bridgehead atoms. The fourth-order valence-corrected chi connectivity index (χ4v) is 3.37. The van der Waals surface area contributed by atoms with Gasteiger partial charge in [-0.1, -0.05) is 6.07 Å². The third-order valence-corrected chi connectivity index (χ3v) is 4.98. The molecule has 4 heterocycles. The number of pyridine rings is 1. The highest BCUT2D eigenvalue weighted by molar-refractivity contribution is 5.55. The topological polar surface area (TPSA) is 85.8 Å². The molecule has 26 heavy (non-hydrogen) atoms. The van der Waals surface area contributed by atoms with Gasteiger partial charge in [0.25, 0.3) is 0 Å². The van der Waals surface area contributed by atoms with Gasteiger partial charge in [0.05, 0.1) is 0 Å². The summed E-state index contributed by atoms with van der Waals surface area (Å²) in [5, 5.41) is 20.9. The van der Waals surface area contributed by atoms with Crippen molar-refractivity contribution in [3.63, 3.8) is 0 Å². The number of nitrogens with zero attached hydrogens (tertiary/aromatic N) is 7. The lowest BCUT2D eigenvalue weighted by molar-refractivity contribution is 0.614. The second-order valence-electron chi connectivity index (χ2n) is 6.70. The fourth-order valence-electron chi connectivity index (χ4n) is 3.37. The molecule has 1 N–H and O–H groups in total. The van der Waals surface area contributed by atoms with E-state index in [0.29, 0.717) is 11.5 Å². The van der Waals surface area contributed by atoms with Gasteiger partial charge in [0.15, 0.2) is 5.65 Å². The van der Waals surface area contributed by atoms with Crippen LogP contribution in [0.1, 0.15) is 18.5 Å². The number of hydrogen-bond acceptors (Lipinski definition) is 6. The lowest BCUT2D eigenvalue weighted by Gasteiger charge is -2.16. The van der Waals surface area contributed by atoms with Gasteiger partial charge in [-0.3, -0.25) is 9.67 Å². The molecular formula is C18H18N8. The van der Waals surface area contributed by atoms with E-state index in [1.165, 1.54) is 5.69 Å². The van der Waals surface area contributed by atoms with Gasteiger partial charge in [-0.25, -0.2) is 0 Å². The molecule has 0 unspecified atom stereocenters. The molecule has 1 aliphatic rings. The van der Waals surface area contributed by atoms with E-state index in [4.69, 9.17) is 0 Å². The summed E-state index contributed by atoms with van der Waals surface area (Å²) < 4.78 is 3.69. The first kappa shape index (κ1) is 15.0. The van der Waals surface area contributed by atoms with E-state index < -0.39 is 0 Å². The van der Waals surface area contributed by atoms with Crippen molar-refractivity contribution in [1.29, 1.82) is 0 Å². The Morgan fingerprint density at radius 1 is 1.08 bits per heavy atom. The van der Waals surface area contributed by atoms with Crippen LogP contribution >= 0.6 is 0 Å². The Morgan fingerprint density at radius 2 is 2.00 bits per heavy atom. The van der Waals surface area contributed by atoms with Crippen LogP contribution in [0.3, 0.4) is 0 Å². The molecule has 1 saturated carbocycles. The molecule has 130 valence electrons. The maximum Gasteiger partial charge on any atom is 0.203 e. The van der Waals surface area contributed by atoms with E-state index in [9.17, 15) is 0 Å². The first-order valence-corrected chi connectivity index (χ1v) is 8.61. The van der Waals surface area contributed by atoms with Gasteiger partial charge in [-0.05, 0) is 43.2 Å². The molecule has 0 saturated heterocycles. The minimum absolute atomic E-state index is 0.152. The van der Waals surface area contributed by atoms with E-state index in [0.717, 1.165) is 30.9 Å². The molecule has 0 aromatic carbocycles. The summed E-state index contributed by atoms with van der Waals surface area (Å²) in [4.78, 5) is 4.35. The van der Waals surface area contributed by atoms with Crippen molar-refractivity contribution >= 4 is 11.5 Å². The molecular weight excluding hydrogens is 328 g/mol. The van der Waals surface area contributed by atoms with Crippen LogP contribution in [-0.4, -0.2) is 41.1 Å². The van der Waals surface area contributed by atoms with Crippen molar-refractivity contribution in [3.05, 3.63) is 54.5 Å². The Hall–Kier alpha value is -3.29. The summed E-state index contributed by atoms with van der Waals surface area (Å²) in [7, 11) is 2.00. The summed E-state index contributed by atoms with van der Waals surface area (Å²) in [6.07, 6.45) is 5.92. The lowest BCUT2D eigenvalue weighted by atomic mass is 10.0. The standard InChI is InChI=1S/C18H18N8/c1-25-14(7-11-21-25)18(8-9-18)12-20-15-5-6-16-22-23-17(26(16)24-15)13-4-2-3-10-19-13/h2-7,10-11H,8-9,12H2,1H3,(H,20,24). The van der Waals surface area contributed by atoms with Crippen molar-refractivity contribution in [2.45, 2.75) is 18.3 Å². The van der Waals surface area contributed by atoms with Crippen LogP contribution in [0.25, 0.3) is 17.2 Å². The van der Waals surface area contributed by atoms with Gasteiger partial charge < -0.3 is 5.32 Å². The first-order chi connectivity index (χ1) is 12.8. The van der Waals surface area contributed by atoms with Gasteiger partial charge in [0, 0.05) is 37.1 Å². The predicted octanol–water partition coefficient (Wildman–Crippen LogP) is 2.06. The maximum absolute atomic E-state index is 4.66. The zero-order valence-corrected chi connectivity index (χ0v) is 14.4. The molecule has 1 aliphatic carbocycles. The molecule has 8 nitrogen and oxygen atoms in total. The quantitative estimate of drug-likeness (QED) is 0.595. The van der Waals surface area contributed by atoms with Gasteiger partial charge in [-0.2, -0.15) is 9.61 Å². The smallest absolute Gasteiger partial charge is 0.203 e. The number of nitrogens with one attached hydrogen (secondary N) is 1. The Kier molecular flexibility index (Phi) is 3.24. The highest BCUT2D eigenvalue weighted by atomic mass is 15.4. The van der Waals surface area contributed by atoms with Gasteiger partial charge in [0.1, 0.15) is 11.5 Å². The van der Waals surface area contributed by atoms with Gasteiger partial charge in [0.2, 0.25) is 5.82 Å². The van der Waals surface area contributed by atoms with E-state index in [1.54, 1.807) is 10.7 Å². The van der Waals surface area contributed by atoms with E-state index in [-0.39, 0.29) is 5.41 Å². The minimum atomic E-state index is 0.152. The summed E-state index contributed by atoms with van der Waals surface area (Å²) in [5.41, 5.74) is 2.87. The van der Waals surface area contributed by atoms with Crippen LogP contribution in [0.4, 0.5) is 5.82 Å². The first-order valence-electron chi connectivity index (χ1n) is 8.61. The number of hydrogen-bond donors (Lipinski definition) is 1. The summed E-state index contributed by atoms with van der Waals surface area (Å²) >= 11 is 0. The average molecular weight is 346 g/mol. The molecule has 0 aliphatic heterocycles. The molecule has 8 heteroatoms. The third-order valence-electron chi connectivity index (χ3n) is 4.98. The monoisotopic (exact) mass is 346 g/mol. The SMILES string of the molecule is Cn1nccc1C1(CNc2ccc3nnc(-c4ccccn4)n3n2)CC1. The largest absolute Gasteiger partial charge is 0.368 e. The number of anilines is 1. The van der Waals surface area contributed by atoms with Crippen LogP contribution < -0.4 is 5.32 Å². The molecule has 1 fully saturated rings. The van der Waals surface area contributed by atoms with Crippen LogP contribution in [0.5, 0.6) is 0 Å². The highest BCUT2D eigenvalue weighted by Gasteiger charge is 2.46. The predicted molar refractivity (Wildman–Crippen MR) is 96.6 cm³/mol. The van der Waals surface area contributed by atoms with E-state index >= 15 is 0 Å². The second kappa shape index (κ2) is 5.62. The van der Waals surface area contributed by atoms with Gasteiger partial charge >= 0.3 is 0 Å². The zero-order valence-electron chi connectivity index (χ0n) is 14.4. The number of aryl methyl sites for hydroxylation is 1. The molecule has 0 spiro atoms. The fraction of sp³-hybridized carbons (Fsp3) is 0.278. The zero-order chi connectivity index (χ0) is 17.6. The van der Waals surface area contributed by atoms with E-state index in [2.05, 4.69) is 36.8 Å².